The zero-order valence-electron chi connectivity index (χ0n) is 12.1. The molecule has 0 spiro atoms. The van der Waals surface area contributed by atoms with Crippen molar-refractivity contribution >= 4 is 23.2 Å². The van der Waals surface area contributed by atoms with E-state index in [0.29, 0.717) is 0 Å². The lowest BCUT2D eigenvalue weighted by Gasteiger charge is -2.25. The summed E-state index contributed by atoms with van der Waals surface area (Å²) in [7, 11) is 0. The fourth-order valence-electron chi connectivity index (χ4n) is 2.86. The summed E-state index contributed by atoms with van der Waals surface area (Å²) >= 11 is 1.52. The summed E-state index contributed by atoms with van der Waals surface area (Å²) in [5.41, 5.74) is 0. The first kappa shape index (κ1) is 14.6. The average molecular weight is 306 g/mol. The Balaban J connectivity index is 1.65. The molecule has 2 N–H and O–H groups in total. The Kier molecular flexibility index (Phi) is 4.58. The Morgan fingerprint density at radius 2 is 1.90 bits per heavy atom. The van der Waals surface area contributed by atoms with Crippen molar-refractivity contribution in [3.63, 3.8) is 0 Å². The third kappa shape index (κ3) is 3.84. The maximum atomic E-state index is 12.6. The van der Waals surface area contributed by atoms with E-state index in [1.54, 1.807) is 0 Å². The van der Waals surface area contributed by atoms with E-state index in [4.69, 9.17) is 0 Å². The first-order chi connectivity index (χ1) is 10.2. The van der Waals surface area contributed by atoms with Crippen LogP contribution in [0.2, 0.25) is 0 Å². The largest absolute Gasteiger partial charge is 0.351 e. The summed E-state index contributed by atoms with van der Waals surface area (Å²) in [5, 5.41) is 8.00. The summed E-state index contributed by atoms with van der Waals surface area (Å²) in [4.78, 5) is 25.5. The van der Waals surface area contributed by atoms with Gasteiger partial charge in [0.05, 0.1) is 0 Å². The summed E-state index contributed by atoms with van der Waals surface area (Å²) in [6.45, 7) is 0. The van der Waals surface area contributed by atoms with Gasteiger partial charge in [0.1, 0.15) is 6.04 Å². The van der Waals surface area contributed by atoms with Crippen molar-refractivity contribution in [1.82, 2.24) is 10.6 Å². The Labute approximate surface area is 129 Å². The molecule has 2 amide bonds. The van der Waals surface area contributed by atoms with Gasteiger partial charge in [-0.25, -0.2) is 0 Å². The van der Waals surface area contributed by atoms with Crippen LogP contribution in [0.1, 0.15) is 55.9 Å². The third-order valence-electron chi connectivity index (χ3n) is 4.28. The molecule has 5 heteroatoms. The molecule has 0 radical (unpaired) electrons. The van der Waals surface area contributed by atoms with Crippen molar-refractivity contribution < 1.29 is 9.59 Å². The minimum Gasteiger partial charge on any atom is -0.351 e. The molecule has 0 aromatic carbocycles. The molecule has 21 heavy (non-hydrogen) atoms. The minimum absolute atomic E-state index is 0.0206. The highest BCUT2D eigenvalue weighted by molar-refractivity contribution is 7.10. The van der Waals surface area contributed by atoms with E-state index in [0.717, 1.165) is 30.6 Å². The summed E-state index contributed by atoms with van der Waals surface area (Å²) < 4.78 is 0. The average Bonchev–Trinajstić information content (AvgIpc) is 3.21. The van der Waals surface area contributed by atoms with E-state index in [9.17, 15) is 9.59 Å². The lowest BCUT2D eigenvalue weighted by molar-refractivity contribution is -0.130. The van der Waals surface area contributed by atoms with Gasteiger partial charge >= 0.3 is 0 Å². The number of amides is 2. The van der Waals surface area contributed by atoms with Crippen molar-refractivity contribution in [3.8, 4) is 0 Å². The fourth-order valence-corrected chi connectivity index (χ4v) is 3.63. The first-order valence-corrected chi connectivity index (χ1v) is 8.76. The Hall–Kier alpha value is -1.36. The monoisotopic (exact) mass is 306 g/mol. The lowest BCUT2D eigenvalue weighted by Crippen LogP contribution is -2.45. The molecule has 3 rings (SSSR count). The molecule has 2 fully saturated rings. The van der Waals surface area contributed by atoms with E-state index in [-0.39, 0.29) is 23.8 Å². The summed E-state index contributed by atoms with van der Waals surface area (Å²) in [6.07, 6.45) is 7.64. The van der Waals surface area contributed by atoms with Gasteiger partial charge in [0.2, 0.25) is 11.8 Å². The number of thiophene rings is 1. The number of carbonyl (C=O) groups is 2. The maximum absolute atomic E-state index is 12.6. The van der Waals surface area contributed by atoms with Gasteiger partial charge in [-0.1, -0.05) is 25.3 Å². The second-order valence-corrected chi connectivity index (χ2v) is 7.05. The van der Waals surface area contributed by atoms with Gasteiger partial charge in [-0.2, -0.15) is 0 Å². The fraction of sp³-hybridized carbons (Fsp3) is 0.625. The standard InChI is InChI=1S/C16H22N2O2S/c19-15(11-8-9-11)18-14(13-7-4-10-21-13)16(20)17-12-5-2-1-3-6-12/h4,7,10-12,14H,1-3,5-6,8-9H2,(H,17,20)(H,18,19). The molecular formula is C16H22N2O2S. The molecule has 1 aromatic rings. The first-order valence-electron chi connectivity index (χ1n) is 7.88. The SMILES string of the molecule is O=C(NC(C(=O)NC1CCCCC1)c1cccs1)C1CC1. The second-order valence-electron chi connectivity index (χ2n) is 6.07. The van der Waals surface area contributed by atoms with Crippen LogP contribution in [0.5, 0.6) is 0 Å². The van der Waals surface area contributed by atoms with Crippen molar-refractivity contribution in [2.75, 3.05) is 0 Å². The smallest absolute Gasteiger partial charge is 0.248 e. The van der Waals surface area contributed by atoms with Crippen LogP contribution < -0.4 is 10.6 Å². The van der Waals surface area contributed by atoms with Crippen LogP contribution in [0.15, 0.2) is 17.5 Å². The van der Waals surface area contributed by atoms with Crippen LogP contribution in [0.25, 0.3) is 0 Å². The number of nitrogens with one attached hydrogen (secondary N) is 2. The molecule has 2 aliphatic carbocycles. The Morgan fingerprint density at radius 1 is 1.14 bits per heavy atom. The van der Waals surface area contributed by atoms with Gasteiger partial charge in [0.15, 0.2) is 0 Å². The molecule has 1 aromatic heterocycles. The minimum atomic E-state index is -0.528. The normalized spacial score (nSPS) is 20.8. The van der Waals surface area contributed by atoms with Crippen LogP contribution in [-0.4, -0.2) is 17.9 Å². The van der Waals surface area contributed by atoms with Crippen LogP contribution in [0.4, 0.5) is 0 Å². The maximum Gasteiger partial charge on any atom is 0.248 e. The van der Waals surface area contributed by atoms with Crippen LogP contribution >= 0.6 is 11.3 Å². The molecule has 2 aliphatic rings. The van der Waals surface area contributed by atoms with E-state index < -0.39 is 6.04 Å². The van der Waals surface area contributed by atoms with Gasteiger partial charge in [-0.15, -0.1) is 11.3 Å². The third-order valence-corrected chi connectivity index (χ3v) is 5.21. The van der Waals surface area contributed by atoms with Crippen LogP contribution in [0.3, 0.4) is 0 Å². The Bertz CT molecular complexity index is 490. The van der Waals surface area contributed by atoms with E-state index in [1.165, 1.54) is 30.6 Å². The predicted octanol–water partition coefficient (Wildman–Crippen LogP) is 2.76. The summed E-state index contributed by atoms with van der Waals surface area (Å²) in [6, 6.07) is 3.58. The van der Waals surface area contributed by atoms with Gasteiger partial charge in [0.25, 0.3) is 0 Å². The molecule has 0 aliphatic heterocycles. The molecule has 4 nitrogen and oxygen atoms in total. The van der Waals surface area contributed by atoms with Gasteiger partial charge in [0, 0.05) is 16.8 Å². The molecule has 1 atom stereocenters. The zero-order valence-corrected chi connectivity index (χ0v) is 13.0. The number of hydrogen-bond donors (Lipinski definition) is 2. The number of carbonyl (C=O) groups excluding carboxylic acids is 2. The summed E-state index contributed by atoms with van der Waals surface area (Å²) in [5.74, 6) is 0.0838. The van der Waals surface area contributed by atoms with Crippen molar-refractivity contribution in [2.45, 2.75) is 57.0 Å². The number of rotatable bonds is 5. The molecular weight excluding hydrogens is 284 g/mol. The molecule has 0 saturated heterocycles. The Morgan fingerprint density at radius 3 is 2.52 bits per heavy atom. The molecule has 1 heterocycles. The quantitative estimate of drug-likeness (QED) is 0.879. The van der Waals surface area contributed by atoms with Gasteiger partial charge < -0.3 is 10.6 Å². The highest BCUT2D eigenvalue weighted by Crippen LogP contribution is 2.30. The van der Waals surface area contributed by atoms with Gasteiger partial charge in [-0.05, 0) is 37.1 Å². The van der Waals surface area contributed by atoms with E-state index in [1.807, 2.05) is 17.5 Å². The highest BCUT2D eigenvalue weighted by atomic mass is 32.1. The van der Waals surface area contributed by atoms with Gasteiger partial charge in [-0.3, -0.25) is 9.59 Å². The second kappa shape index (κ2) is 6.60. The zero-order chi connectivity index (χ0) is 14.7. The van der Waals surface area contributed by atoms with Crippen LogP contribution in [0, 0.1) is 5.92 Å². The van der Waals surface area contributed by atoms with E-state index >= 15 is 0 Å². The topological polar surface area (TPSA) is 58.2 Å². The van der Waals surface area contributed by atoms with Crippen LogP contribution in [-0.2, 0) is 9.59 Å². The van der Waals surface area contributed by atoms with Crippen molar-refractivity contribution in [3.05, 3.63) is 22.4 Å². The lowest BCUT2D eigenvalue weighted by atomic mass is 9.95. The predicted molar refractivity (Wildman–Crippen MR) is 82.9 cm³/mol. The highest BCUT2D eigenvalue weighted by Gasteiger charge is 2.34. The number of hydrogen-bond acceptors (Lipinski definition) is 3. The molecule has 0 bridgehead atoms. The van der Waals surface area contributed by atoms with Crippen molar-refractivity contribution in [2.24, 2.45) is 5.92 Å². The van der Waals surface area contributed by atoms with E-state index in [2.05, 4.69) is 10.6 Å². The molecule has 2 saturated carbocycles. The molecule has 1 unspecified atom stereocenters. The molecule has 114 valence electrons. The van der Waals surface area contributed by atoms with Crippen molar-refractivity contribution in [1.29, 1.82) is 0 Å².